The first-order valence-electron chi connectivity index (χ1n) is 22.2. The van der Waals surface area contributed by atoms with Crippen LogP contribution in [0.5, 0.6) is 0 Å². The van der Waals surface area contributed by atoms with E-state index in [1.807, 2.05) is 12.1 Å². The number of allylic oxidation sites excluding steroid dienone is 1. The van der Waals surface area contributed by atoms with Crippen LogP contribution >= 0.6 is 11.6 Å². The van der Waals surface area contributed by atoms with Crippen molar-refractivity contribution in [2.75, 3.05) is 33.7 Å². The van der Waals surface area contributed by atoms with Gasteiger partial charge in [0.05, 0.1) is 28.7 Å². The van der Waals surface area contributed by atoms with Gasteiger partial charge in [0.1, 0.15) is 6.10 Å². The zero-order chi connectivity index (χ0) is 43.0. The van der Waals surface area contributed by atoms with Crippen molar-refractivity contribution in [2.24, 2.45) is 56.2 Å². The van der Waals surface area contributed by atoms with E-state index in [0.29, 0.717) is 29.8 Å². The molecule has 1 aromatic rings. The van der Waals surface area contributed by atoms with Crippen LogP contribution in [0.4, 0.5) is 0 Å². The van der Waals surface area contributed by atoms with Crippen molar-refractivity contribution in [2.45, 2.75) is 152 Å². The number of esters is 1. The van der Waals surface area contributed by atoms with E-state index in [0.717, 1.165) is 75.7 Å². The number of carbonyl (C=O) groups is 3. The summed E-state index contributed by atoms with van der Waals surface area (Å²) in [7, 11) is 4.15. The Bertz CT molecular complexity index is 1770. The largest absolute Gasteiger partial charge is 0.481 e. The third-order valence-corrected chi connectivity index (χ3v) is 17.7. The van der Waals surface area contributed by atoms with Crippen molar-refractivity contribution in [1.29, 1.82) is 0 Å². The number of hydrogen-bond donors (Lipinski definition) is 2. The minimum Gasteiger partial charge on any atom is -0.481 e. The first-order chi connectivity index (χ1) is 26.9. The number of hydrogen-bond acceptors (Lipinski definition) is 8. The van der Waals surface area contributed by atoms with Crippen molar-refractivity contribution in [3.63, 3.8) is 0 Å². The second kappa shape index (κ2) is 15.9. The van der Waals surface area contributed by atoms with Crippen LogP contribution in [0.25, 0.3) is 0 Å². The highest BCUT2D eigenvalue weighted by atomic mass is 35.5. The molecule has 10 unspecified atom stereocenters. The van der Waals surface area contributed by atoms with Gasteiger partial charge in [-0.2, -0.15) is 0 Å². The summed E-state index contributed by atoms with van der Waals surface area (Å²) in [5, 5.41) is 23.0. The molecule has 0 aliphatic heterocycles. The van der Waals surface area contributed by atoms with E-state index >= 15 is 0 Å². The maximum Gasteiger partial charge on any atom is 0.309 e. The number of pyridine rings is 1. The van der Waals surface area contributed by atoms with Crippen molar-refractivity contribution in [1.82, 2.24) is 14.8 Å². The molecule has 4 fully saturated rings. The maximum absolute atomic E-state index is 14.4. The molecule has 5 aliphatic rings. The number of Topliss-reactive ketones (excluding diaryl/α,β-unsaturated/α-hetero) is 1. The summed E-state index contributed by atoms with van der Waals surface area (Å²) in [5.74, 6) is -0.0714. The Balaban J connectivity index is 1.30. The van der Waals surface area contributed by atoms with Gasteiger partial charge in [0, 0.05) is 49.1 Å². The van der Waals surface area contributed by atoms with Crippen LogP contribution in [0, 0.1) is 56.2 Å². The molecule has 1 aromatic heterocycles. The van der Waals surface area contributed by atoms with Crippen LogP contribution in [0.2, 0.25) is 5.02 Å². The summed E-state index contributed by atoms with van der Waals surface area (Å²) in [6.45, 7) is 23.9. The molecule has 0 radical (unpaired) electrons. The van der Waals surface area contributed by atoms with E-state index < -0.39 is 28.9 Å². The molecule has 5 aliphatic carbocycles. The van der Waals surface area contributed by atoms with Crippen LogP contribution in [0.1, 0.15) is 145 Å². The molecule has 0 saturated heterocycles. The summed E-state index contributed by atoms with van der Waals surface area (Å²) in [6, 6.07) is 3.81. The number of ether oxygens (including phenoxy) is 1. The number of aliphatic hydroxyl groups excluding tert-OH is 1. The quantitative estimate of drug-likeness (QED) is 0.188. The highest BCUT2D eigenvalue weighted by Crippen LogP contribution is 2.77. The smallest absolute Gasteiger partial charge is 0.309 e. The number of aliphatic hydroxyl groups is 1. The Hall–Kier alpha value is -2.33. The average molecular weight is 825 g/mol. The Morgan fingerprint density at radius 1 is 0.948 bits per heavy atom. The number of carboxylic acid groups (broad SMARTS) is 1. The van der Waals surface area contributed by atoms with Gasteiger partial charge in [0.15, 0.2) is 5.78 Å². The van der Waals surface area contributed by atoms with Gasteiger partial charge in [0.25, 0.3) is 0 Å². The molecule has 9 nitrogen and oxygen atoms in total. The molecule has 1 heterocycles. The number of aromatic nitrogens is 1. The summed E-state index contributed by atoms with van der Waals surface area (Å²) in [6.07, 6.45) is 8.66. The van der Waals surface area contributed by atoms with Crippen LogP contribution in [-0.4, -0.2) is 88.7 Å². The lowest BCUT2D eigenvalue weighted by Gasteiger charge is -2.72. The van der Waals surface area contributed by atoms with Crippen LogP contribution in [-0.2, 0) is 19.1 Å². The Labute approximate surface area is 354 Å². The first-order valence-corrected chi connectivity index (χ1v) is 22.6. The SMILES string of the molecule is CC(C)C1=C2C3CCC4C5(C)CCC(OC(=O)CC(C)(C)C(=O)O)C(C)(C)C5CCC4(C)C3(C)CCC2(C(O)CN(CCN(C)C)C(C)c2ccc(Cl)cn2)CC1=O. The fraction of sp³-hybridized carbons (Fsp3) is 0.792. The Morgan fingerprint density at radius 3 is 2.24 bits per heavy atom. The number of carbonyl (C=O) groups excluding carboxylic acids is 2. The van der Waals surface area contributed by atoms with E-state index in [9.17, 15) is 24.6 Å². The van der Waals surface area contributed by atoms with Gasteiger partial charge in [-0.25, -0.2) is 0 Å². The lowest BCUT2D eigenvalue weighted by atomic mass is 9.33. The molecule has 0 spiro atoms. The van der Waals surface area contributed by atoms with Crippen molar-refractivity contribution in [3.8, 4) is 0 Å². The van der Waals surface area contributed by atoms with Crippen LogP contribution < -0.4 is 0 Å². The predicted molar refractivity (Wildman–Crippen MR) is 229 cm³/mol. The lowest BCUT2D eigenvalue weighted by molar-refractivity contribution is -0.235. The number of aliphatic carboxylic acids is 1. The normalized spacial score (nSPS) is 35.6. The number of fused-ring (bicyclic) bond motifs is 7. The highest BCUT2D eigenvalue weighted by molar-refractivity contribution is 6.30. The van der Waals surface area contributed by atoms with Crippen molar-refractivity contribution < 1.29 is 29.3 Å². The summed E-state index contributed by atoms with van der Waals surface area (Å²) < 4.78 is 6.20. The van der Waals surface area contributed by atoms with Gasteiger partial charge in [-0.15, -0.1) is 0 Å². The van der Waals surface area contributed by atoms with Crippen LogP contribution in [0.15, 0.2) is 29.5 Å². The highest BCUT2D eigenvalue weighted by Gasteiger charge is 2.71. The monoisotopic (exact) mass is 824 g/mol. The molecule has 58 heavy (non-hydrogen) atoms. The third-order valence-electron chi connectivity index (χ3n) is 17.5. The fourth-order valence-corrected chi connectivity index (χ4v) is 14.0. The Kier molecular flexibility index (Phi) is 12.4. The zero-order valence-electron chi connectivity index (χ0n) is 37.7. The van der Waals surface area contributed by atoms with E-state index in [-0.39, 0.29) is 57.8 Å². The number of halogens is 1. The molecule has 6 rings (SSSR count). The van der Waals surface area contributed by atoms with Crippen LogP contribution in [0.3, 0.4) is 0 Å². The number of rotatable bonds is 13. The van der Waals surface area contributed by atoms with E-state index in [4.69, 9.17) is 16.3 Å². The number of nitrogens with zero attached hydrogens (tertiary/aromatic N) is 3. The molecule has 4 saturated carbocycles. The summed E-state index contributed by atoms with van der Waals surface area (Å²) in [5.41, 5.74) is 1.18. The first kappa shape index (κ1) is 45.2. The predicted octanol–water partition coefficient (Wildman–Crippen LogP) is 9.41. The maximum atomic E-state index is 14.4. The van der Waals surface area contributed by atoms with Gasteiger partial charge in [-0.3, -0.25) is 24.3 Å². The number of ketones is 1. The van der Waals surface area contributed by atoms with E-state index in [2.05, 4.69) is 84.3 Å². The third kappa shape index (κ3) is 7.42. The Morgan fingerprint density at radius 2 is 1.64 bits per heavy atom. The fourth-order valence-electron chi connectivity index (χ4n) is 13.9. The molecular formula is C48H74ClN3O6. The minimum atomic E-state index is -1.17. The molecule has 2 N–H and O–H groups in total. The van der Waals surface area contributed by atoms with Crippen molar-refractivity contribution >= 4 is 29.3 Å². The average Bonchev–Trinajstić information content (AvgIpc) is 3.44. The molecule has 0 amide bonds. The van der Waals surface area contributed by atoms with E-state index in [1.165, 1.54) is 5.57 Å². The lowest BCUT2D eigenvalue weighted by Crippen LogP contribution is -2.66. The molecule has 324 valence electrons. The van der Waals surface area contributed by atoms with Gasteiger partial charge in [-0.05, 0) is 144 Å². The second-order valence-electron chi connectivity index (χ2n) is 21.9. The molecule has 0 aromatic carbocycles. The molecule has 10 heteroatoms. The second-order valence-corrected chi connectivity index (χ2v) is 22.4. The number of carboxylic acids is 1. The molecule has 10 atom stereocenters. The van der Waals surface area contributed by atoms with Gasteiger partial charge in [0.2, 0.25) is 0 Å². The molecule has 0 bridgehead atoms. The van der Waals surface area contributed by atoms with Gasteiger partial charge >= 0.3 is 11.9 Å². The zero-order valence-corrected chi connectivity index (χ0v) is 38.5. The van der Waals surface area contributed by atoms with Gasteiger partial charge in [-0.1, -0.05) is 65.6 Å². The summed E-state index contributed by atoms with van der Waals surface area (Å²) in [4.78, 5) is 48.5. The topological polar surface area (TPSA) is 120 Å². The molecular weight excluding hydrogens is 750 g/mol. The van der Waals surface area contributed by atoms with E-state index in [1.54, 1.807) is 20.0 Å². The number of likely N-dealkylation sites (N-methyl/N-ethyl adjacent to an activating group) is 1. The standard InChI is InChI=1S/C48H74ClN3O6/c1-29(2)40-34(53)25-48(37(54)28-52(24-23-51(11)12)30(3)33-15-13-31(49)27-50-33)22-21-46(9)32(41(40)48)14-16-36-45(8)19-18-38(58-39(55)26-43(4,5)42(56)57)44(6,7)35(45)17-20-47(36,46)10/h13,15,27,29-30,32,35-38,54H,14,16-26,28H2,1-12H3,(H,56,57). The minimum absolute atomic E-state index is 0.0244. The van der Waals surface area contributed by atoms with Crippen molar-refractivity contribution in [3.05, 3.63) is 40.2 Å². The summed E-state index contributed by atoms with van der Waals surface area (Å²) >= 11 is 6.23. The van der Waals surface area contributed by atoms with Gasteiger partial charge < -0.3 is 19.8 Å².